The molecule has 1 fully saturated rings. The van der Waals surface area contributed by atoms with Crippen LogP contribution in [0.4, 0.5) is 15.8 Å². The first kappa shape index (κ1) is 20.9. The summed E-state index contributed by atoms with van der Waals surface area (Å²) < 4.78 is 39.7. The van der Waals surface area contributed by atoms with E-state index in [-0.39, 0.29) is 28.5 Å². The zero-order valence-electron chi connectivity index (χ0n) is 16.7. The minimum absolute atomic E-state index is 0.0189. The summed E-state index contributed by atoms with van der Waals surface area (Å²) in [5.41, 5.74) is 5.34. The summed E-state index contributed by atoms with van der Waals surface area (Å²) in [4.78, 5) is 24.0. The summed E-state index contributed by atoms with van der Waals surface area (Å²) in [6.45, 7) is 8.46. The highest BCUT2D eigenvalue weighted by molar-refractivity contribution is 7.93. The van der Waals surface area contributed by atoms with Gasteiger partial charge in [0.05, 0.1) is 12.3 Å². The van der Waals surface area contributed by atoms with E-state index in [0.29, 0.717) is 18.5 Å². The molecule has 1 atom stereocenters. The Morgan fingerprint density at radius 1 is 1.29 bits per heavy atom. The molecule has 2 aromatic rings. The lowest BCUT2D eigenvalue weighted by molar-refractivity contribution is 0.102. The van der Waals surface area contributed by atoms with E-state index in [9.17, 15) is 17.6 Å². The van der Waals surface area contributed by atoms with Crippen LogP contribution in [0.15, 0.2) is 41.5 Å². The van der Waals surface area contributed by atoms with Crippen molar-refractivity contribution in [2.24, 2.45) is 10.7 Å². The minimum atomic E-state index is -3.64. The van der Waals surface area contributed by atoms with Gasteiger partial charge in [-0.3, -0.25) is 14.8 Å². The topological polar surface area (TPSA) is 119 Å². The smallest absolute Gasteiger partial charge is 0.274 e. The van der Waals surface area contributed by atoms with Gasteiger partial charge in [-0.2, -0.15) is 0 Å². The maximum absolute atomic E-state index is 14.8. The number of anilines is 1. The molecule has 1 aromatic heterocycles. The van der Waals surface area contributed by atoms with Crippen molar-refractivity contribution in [3.05, 3.63) is 65.0 Å². The third-order valence-electron chi connectivity index (χ3n) is 5.98. The van der Waals surface area contributed by atoms with Crippen LogP contribution < -0.4 is 11.1 Å². The molecule has 10 heteroatoms. The van der Waals surface area contributed by atoms with Crippen LogP contribution in [0.5, 0.6) is 0 Å². The molecule has 1 aliphatic carbocycles. The predicted octanol–water partition coefficient (Wildman–Crippen LogP) is 2.95. The van der Waals surface area contributed by atoms with Gasteiger partial charge in [0.25, 0.3) is 5.91 Å². The molecule has 8 nitrogen and oxygen atoms in total. The Bertz CT molecular complexity index is 1250. The van der Waals surface area contributed by atoms with Gasteiger partial charge in [-0.15, -0.1) is 0 Å². The van der Waals surface area contributed by atoms with E-state index in [1.54, 1.807) is 0 Å². The molecule has 1 aliphatic heterocycles. The molecule has 3 N–H and O–H groups in total. The van der Waals surface area contributed by atoms with Crippen molar-refractivity contribution in [1.29, 1.82) is 0 Å². The molecule has 1 spiro atoms. The fourth-order valence-corrected chi connectivity index (χ4v) is 6.58. The third kappa shape index (κ3) is 3.35. The first-order valence-electron chi connectivity index (χ1n) is 9.63. The molecular weight excluding hydrogens is 421 g/mol. The van der Waals surface area contributed by atoms with Crippen LogP contribution in [0.25, 0.3) is 4.85 Å². The molecule has 4 rings (SSSR count). The Hall–Kier alpha value is -3.32. The van der Waals surface area contributed by atoms with Gasteiger partial charge in [-0.05, 0) is 50.5 Å². The number of rotatable bonds is 3. The maximum atomic E-state index is 14.8. The third-order valence-corrected chi connectivity index (χ3v) is 8.73. The van der Waals surface area contributed by atoms with Crippen molar-refractivity contribution in [3.8, 4) is 0 Å². The number of amidine groups is 1. The molecule has 2 aliphatic rings. The average molecular weight is 441 g/mol. The van der Waals surface area contributed by atoms with Crippen LogP contribution in [-0.4, -0.2) is 35.6 Å². The van der Waals surface area contributed by atoms with Crippen LogP contribution in [0.1, 0.15) is 42.2 Å². The van der Waals surface area contributed by atoms with Gasteiger partial charge < -0.3 is 11.1 Å². The molecule has 1 saturated carbocycles. The number of halogens is 1. The van der Waals surface area contributed by atoms with Crippen LogP contribution in [-0.2, 0) is 15.4 Å². The highest BCUT2D eigenvalue weighted by Gasteiger charge is 2.58. The molecule has 0 radical (unpaired) electrons. The number of benzene rings is 1. The average Bonchev–Trinajstić information content (AvgIpc) is 2.67. The van der Waals surface area contributed by atoms with Gasteiger partial charge >= 0.3 is 0 Å². The Balaban J connectivity index is 1.66. The second-order valence-electron chi connectivity index (χ2n) is 8.04. The minimum Gasteiger partial charge on any atom is -0.386 e. The second-order valence-corrected chi connectivity index (χ2v) is 10.3. The monoisotopic (exact) mass is 441 g/mol. The molecule has 1 aromatic carbocycles. The number of amides is 1. The fraction of sp³-hybridized carbons (Fsp3) is 0.333. The van der Waals surface area contributed by atoms with Crippen molar-refractivity contribution in [1.82, 2.24) is 4.98 Å². The molecule has 0 bridgehead atoms. The Morgan fingerprint density at radius 2 is 2.03 bits per heavy atom. The lowest BCUT2D eigenvalue weighted by Gasteiger charge is -2.46. The number of pyridine rings is 1. The number of aromatic nitrogens is 1. The van der Waals surface area contributed by atoms with Crippen molar-refractivity contribution in [3.63, 3.8) is 0 Å². The van der Waals surface area contributed by atoms with Crippen molar-refractivity contribution < 1.29 is 17.6 Å². The van der Waals surface area contributed by atoms with Gasteiger partial charge in [0.2, 0.25) is 5.69 Å². The number of nitrogens with two attached hydrogens (primary N) is 1. The highest BCUT2D eigenvalue weighted by Crippen LogP contribution is 2.47. The Morgan fingerprint density at radius 3 is 2.58 bits per heavy atom. The van der Waals surface area contributed by atoms with E-state index in [0.717, 1.165) is 12.5 Å². The molecule has 0 unspecified atom stereocenters. The van der Waals surface area contributed by atoms with E-state index < -0.39 is 31.8 Å². The number of hydrogen-bond acceptors (Lipinski definition) is 6. The van der Waals surface area contributed by atoms with Crippen LogP contribution in [0.2, 0.25) is 0 Å². The van der Waals surface area contributed by atoms with E-state index >= 15 is 0 Å². The first-order valence-corrected chi connectivity index (χ1v) is 11.3. The number of hydrogen-bond donors (Lipinski definition) is 2. The lowest BCUT2D eigenvalue weighted by Crippen LogP contribution is -2.61. The highest BCUT2D eigenvalue weighted by atomic mass is 32.2. The molecule has 2 heterocycles. The van der Waals surface area contributed by atoms with Crippen LogP contribution in [0, 0.1) is 12.4 Å². The zero-order chi connectivity index (χ0) is 22.4. The second kappa shape index (κ2) is 7.13. The summed E-state index contributed by atoms with van der Waals surface area (Å²) in [5, 5.41) is 2.62. The Labute approximate surface area is 179 Å². The van der Waals surface area contributed by atoms with E-state index in [4.69, 9.17) is 12.3 Å². The summed E-state index contributed by atoms with van der Waals surface area (Å²) in [7, 11) is -3.64. The number of nitrogens with zero attached hydrogens (tertiary/aromatic N) is 3. The summed E-state index contributed by atoms with van der Waals surface area (Å²) in [5.74, 6) is -1.54. The van der Waals surface area contributed by atoms with Gasteiger partial charge in [0, 0.05) is 17.4 Å². The van der Waals surface area contributed by atoms with Crippen LogP contribution in [0.3, 0.4) is 0 Å². The quantitative estimate of drug-likeness (QED) is 0.710. The molecular formula is C21H20FN5O3S. The summed E-state index contributed by atoms with van der Waals surface area (Å²) >= 11 is 0. The van der Waals surface area contributed by atoms with E-state index in [1.165, 1.54) is 37.4 Å². The number of carbonyl (C=O) groups is 1. The fourth-order valence-electron chi connectivity index (χ4n) is 4.07. The number of sulfone groups is 1. The number of nitrogens with one attached hydrogen (secondary N) is 1. The lowest BCUT2D eigenvalue weighted by atomic mass is 9.82. The van der Waals surface area contributed by atoms with Crippen molar-refractivity contribution >= 4 is 33.0 Å². The SMILES string of the molecule is [C-]#[N+]c1ccc(C(=O)Nc2ccc(F)c([C@]3(C)CS(=O)(=O)C4(CCC4)C(N)=N3)c2)nc1. The predicted molar refractivity (Wildman–Crippen MR) is 114 cm³/mol. The largest absolute Gasteiger partial charge is 0.386 e. The van der Waals surface area contributed by atoms with Crippen molar-refractivity contribution in [2.45, 2.75) is 36.5 Å². The number of aliphatic imine (C=N–C) groups is 1. The normalized spacial score (nSPS) is 23.3. The van der Waals surface area contributed by atoms with Gasteiger partial charge in [0.15, 0.2) is 9.84 Å². The molecule has 160 valence electrons. The molecule has 0 saturated heterocycles. The van der Waals surface area contributed by atoms with Gasteiger partial charge in [0.1, 0.15) is 27.6 Å². The number of carbonyl (C=O) groups excluding carboxylic acids is 1. The van der Waals surface area contributed by atoms with Crippen LogP contribution >= 0.6 is 0 Å². The van der Waals surface area contributed by atoms with Crippen molar-refractivity contribution in [2.75, 3.05) is 11.1 Å². The molecule has 1 amide bonds. The standard InChI is InChI=1S/C21H20FN5O3S/c1-20(12-31(29,30)21(8-3-9-21)19(23)27-20)15-10-13(4-6-16(15)22)26-18(28)17-7-5-14(24-2)11-25-17/h4-7,10-11H,3,8-9,12H2,1H3,(H2,23,27)(H,26,28)/t20-/m0/s1. The zero-order valence-corrected chi connectivity index (χ0v) is 17.5. The van der Waals surface area contributed by atoms with Gasteiger partial charge in [-0.1, -0.05) is 6.07 Å². The Kier molecular flexibility index (Phi) is 4.81. The maximum Gasteiger partial charge on any atom is 0.274 e. The first-order chi connectivity index (χ1) is 14.6. The van der Waals surface area contributed by atoms with Gasteiger partial charge in [-0.25, -0.2) is 17.7 Å². The summed E-state index contributed by atoms with van der Waals surface area (Å²) in [6.07, 6.45) is 2.89. The summed E-state index contributed by atoms with van der Waals surface area (Å²) in [6, 6.07) is 6.76. The van der Waals surface area contributed by atoms with E-state index in [2.05, 4.69) is 20.1 Å². The van der Waals surface area contributed by atoms with E-state index in [1.807, 2.05) is 0 Å². The molecule has 31 heavy (non-hydrogen) atoms.